The molecule has 0 radical (unpaired) electrons. The predicted octanol–water partition coefficient (Wildman–Crippen LogP) is 4.97. The van der Waals surface area contributed by atoms with E-state index in [1.54, 1.807) is 11.9 Å². The summed E-state index contributed by atoms with van der Waals surface area (Å²) in [5.41, 5.74) is -0.283. The average molecular weight is 400 g/mol. The number of hydrogen-bond donors (Lipinski definition) is 2. The number of hydrogen-bond acceptors (Lipinski definition) is 3. The number of carbonyl (C=O) groups is 1. The van der Waals surface area contributed by atoms with Crippen LogP contribution in [0.25, 0.3) is 0 Å². The summed E-state index contributed by atoms with van der Waals surface area (Å²) in [5.74, 6) is -2.22. The van der Waals surface area contributed by atoms with Crippen LogP contribution in [0.1, 0.15) is 46.0 Å². The van der Waals surface area contributed by atoms with Gasteiger partial charge >= 0.3 is 6.18 Å². The van der Waals surface area contributed by atoms with Crippen molar-refractivity contribution < 1.29 is 26.7 Å². The highest BCUT2D eigenvalue weighted by atomic mass is 32.2. The van der Waals surface area contributed by atoms with Gasteiger partial charge in [-0.05, 0) is 37.8 Å². The molecular formula is C17H25F5N2OS. The molecule has 1 amide bonds. The minimum atomic E-state index is -4.70. The molecule has 1 aliphatic rings. The topological polar surface area (TPSA) is 41.1 Å². The van der Waals surface area contributed by atoms with Crippen LogP contribution in [0, 0.1) is 5.92 Å². The highest BCUT2D eigenvalue weighted by molar-refractivity contribution is 7.98. The fourth-order valence-electron chi connectivity index (χ4n) is 2.59. The smallest absolute Gasteiger partial charge is 0.326 e. The lowest BCUT2D eigenvalue weighted by atomic mass is 9.86. The molecule has 0 spiro atoms. The normalized spacial score (nSPS) is 22.6. The first-order valence-corrected chi connectivity index (χ1v) is 9.39. The fraction of sp³-hybridized carbons (Fsp3) is 0.706. The highest BCUT2D eigenvalue weighted by Gasteiger charge is 2.30. The Kier molecular flexibility index (Phi) is 9.63. The molecule has 0 aliphatic heterocycles. The number of rotatable bonds is 8. The second-order valence-corrected chi connectivity index (χ2v) is 7.93. The van der Waals surface area contributed by atoms with Gasteiger partial charge in [0.2, 0.25) is 5.91 Å². The lowest BCUT2D eigenvalue weighted by molar-refractivity contribution is -0.130. The Morgan fingerprint density at radius 1 is 1.23 bits per heavy atom. The van der Waals surface area contributed by atoms with E-state index in [1.807, 2.05) is 0 Å². The maximum atomic E-state index is 13.4. The van der Waals surface area contributed by atoms with Crippen LogP contribution >= 0.6 is 11.9 Å². The zero-order valence-corrected chi connectivity index (χ0v) is 15.7. The van der Waals surface area contributed by atoms with Crippen LogP contribution in [-0.4, -0.2) is 30.0 Å². The minimum Gasteiger partial charge on any atom is -0.326 e. The number of alkyl halides is 4. The van der Waals surface area contributed by atoms with E-state index in [0.717, 1.165) is 18.9 Å². The van der Waals surface area contributed by atoms with Gasteiger partial charge in [-0.15, -0.1) is 0 Å². The van der Waals surface area contributed by atoms with Gasteiger partial charge in [0, 0.05) is 22.9 Å². The Labute approximate surface area is 155 Å². The standard InChI is InChI=1S/C17H25F5N2OS/c1-11(2)26-24-14-5-3-12(4-6-14)16(25)23-15(7-8-18)9-13(19)10-17(20,21)22/h7,9,11-12,14,24H,3-6,8,10H2,1-2H3,(H,23,25)/b13-9+,15-7+. The van der Waals surface area contributed by atoms with Gasteiger partial charge in [0.25, 0.3) is 0 Å². The van der Waals surface area contributed by atoms with Crippen molar-refractivity contribution in [3.63, 3.8) is 0 Å². The predicted molar refractivity (Wildman–Crippen MR) is 93.7 cm³/mol. The van der Waals surface area contributed by atoms with Crippen molar-refractivity contribution >= 4 is 17.9 Å². The molecule has 1 fully saturated rings. The molecule has 0 aromatic carbocycles. The number of nitrogens with one attached hydrogen (secondary N) is 2. The molecule has 3 nitrogen and oxygen atoms in total. The number of carbonyl (C=O) groups excluding carboxylic acids is 1. The highest BCUT2D eigenvalue weighted by Crippen LogP contribution is 2.27. The Hall–Kier alpha value is -1.09. The lowest BCUT2D eigenvalue weighted by Crippen LogP contribution is -2.36. The van der Waals surface area contributed by atoms with E-state index in [-0.39, 0.29) is 11.6 Å². The molecule has 1 saturated carbocycles. The monoisotopic (exact) mass is 400 g/mol. The lowest BCUT2D eigenvalue weighted by Gasteiger charge is -2.28. The molecule has 150 valence electrons. The van der Waals surface area contributed by atoms with Gasteiger partial charge in [-0.1, -0.05) is 25.8 Å². The van der Waals surface area contributed by atoms with Crippen LogP contribution in [0.4, 0.5) is 22.0 Å². The number of halogens is 5. The Balaban J connectivity index is 2.56. The summed E-state index contributed by atoms with van der Waals surface area (Å²) in [4.78, 5) is 12.2. The van der Waals surface area contributed by atoms with Crippen LogP contribution in [0.15, 0.2) is 23.7 Å². The summed E-state index contributed by atoms with van der Waals surface area (Å²) in [6, 6.07) is 0.302. The first-order chi connectivity index (χ1) is 12.1. The van der Waals surface area contributed by atoms with E-state index in [9.17, 15) is 26.7 Å². The number of amides is 1. The third-order valence-corrected chi connectivity index (χ3v) is 4.76. The SMILES string of the molecule is CC(C)SNC1CCC(C(=O)NC(/C=C(/F)CC(F)(F)F)=C/CF)CC1. The second kappa shape index (κ2) is 10.9. The first kappa shape index (κ1) is 23.0. The van der Waals surface area contributed by atoms with Crippen LogP contribution in [0.2, 0.25) is 0 Å². The molecular weight excluding hydrogens is 375 g/mol. The summed E-state index contributed by atoms with van der Waals surface area (Å²) in [7, 11) is 0. The van der Waals surface area contributed by atoms with Crippen LogP contribution in [-0.2, 0) is 4.79 Å². The van der Waals surface area contributed by atoms with E-state index in [4.69, 9.17) is 0 Å². The summed E-state index contributed by atoms with van der Waals surface area (Å²) in [6.07, 6.45) is -2.28. The van der Waals surface area contributed by atoms with Crippen molar-refractivity contribution in [2.45, 2.75) is 63.4 Å². The molecule has 0 heterocycles. The maximum Gasteiger partial charge on any atom is 0.395 e. The van der Waals surface area contributed by atoms with Crippen LogP contribution in [0.3, 0.4) is 0 Å². The number of allylic oxidation sites excluding steroid dienone is 3. The zero-order chi connectivity index (χ0) is 19.7. The zero-order valence-electron chi connectivity index (χ0n) is 14.8. The first-order valence-electron chi connectivity index (χ1n) is 8.51. The molecule has 26 heavy (non-hydrogen) atoms. The van der Waals surface area contributed by atoms with Crippen molar-refractivity contribution in [2.24, 2.45) is 5.92 Å². The van der Waals surface area contributed by atoms with Gasteiger partial charge in [0.1, 0.15) is 12.5 Å². The van der Waals surface area contributed by atoms with Gasteiger partial charge in [-0.25, -0.2) is 8.78 Å². The Morgan fingerprint density at radius 2 is 1.85 bits per heavy atom. The quantitative estimate of drug-likeness (QED) is 0.344. The van der Waals surface area contributed by atoms with Gasteiger partial charge in [-0.3, -0.25) is 9.52 Å². The molecule has 1 rings (SSSR count). The summed E-state index contributed by atoms with van der Waals surface area (Å²) in [5, 5.41) is 2.79. The van der Waals surface area contributed by atoms with E-state index < -0.39 is 31.0 Å². The Morgan fingerprint density at radius 3 is 2.35 bits per heavy atom. The molecule has 0 atom stereocenters. The van der Waals surface area contributed by atoms with Gasteiger partial charge < -0.3 is 5.32 Å². The van der Waals surface area contributed by atoms with Crippen molar-refractivity contribution in [2.75, 3.05) is 6.67 Å². The van der Waals surface area contributed by atoms with Gasteiger partial charge in [-0.2, -0.15) is 13.2 Å². The average Bonchev–Trinajstić information content (AvgIpc) is 2.51. The fourth-order valence-corrected chi connectivity index (χ4v) is 3.29. The summed E-state index contributed by atoms with van der Waals surface area (Å²) >= 11 is 1.63. The molecule has 0 bridgehead atoms. The third kappa shape index (κ3) is 9.56. The van der Waals surface area contributed by atoms with Gasteiger partial charge in [0.05, 0.1) is 6.42 Å². The summed E-state index contributed by atoms with van der Waals surface area (Å²) in [6.45, 7) is 3.12. The largest absolute Gasteiger partial charge is 0.395 e. The molecule has 2 N–H and O–H groups in total. The van der Waals surface area contributed by atoms with Crippen molar-refractivity contribution in [3.05, 3.63) is 23.7 Å². The van der Waals surface area contributed by atoms with Crippen LogP contribution < -0.4 is 10.0 Å². The molecule has 0 aromatic heterocycles. The molecule has 1 aliphatic carbocycles. The molecule has 0 saturated heterocycles. The minimum absolute atomic E-state index is 0.283. The van der Waals surface area contributed by atoms with E-state index in [1.165, 1.54) is 0 Å². The summed E-state index contributed by atoms with van der Waals surface area (Å²) < 4.78 is 65.8. The third-order valence-electron chi connectivity index (χ3n) is 3.81. The second-order valence-electron chi connectivity index (χ2n) is 6.52. The molecule has 9 heteroatoms. The molecule has 0 unspecified atom stereocenters. The van der Waals surface area contributed by atoms with E-state index >= 15 is 0 Å². The van der Waals surface area contributed by atoms with Crippen molar-refractivity contribution in [1.82, 2.24) is 10.0 Å². The maximum absolute atomic E-state index is 13.4. The van der Waals surface area contributed by atoms with Crippen molar-refractivity contribution in [1.29, 1.82) is 0 Å². The Bertz CT molecular complexity index is 512. The van der Waals surface area contributed by atoms with E-state index in [2.05, 4.69) is 23.9 Å². The van der Waals surface area contributed by atoms with Crippen LogP contribution in [0.5, 0.6) is 0 Å². The van der Waals surface area contributed by atoms with Crippen molar-refractivity contribution in [3.8, 4) is 0 Å². The van der Waals surface area contributed by atoms with Gasteiger partial charge in [0.15, 0.2) is 0 Å². The van der Waals surface area contributed by atoms with E-state index in [0.29, 0.717) is 30.2 Å². The molecule has 0 aromatic rings.